The highest BCUT2D eigenvalue weighted by Gasteiger charge is 2.45. The molecular formula is C12H23NO4S. The molecule has 0 spiro atoms. The zero-order chi connectivity index (χ0) is 14.0. The SMILES string of the molecule is CC(C)(C)S(=O)(=O)NC1(C(=O)O)CCCCCC1. The summed E-state index contributed by atoms with van der Waals surface area (Å²) in [5.41, 5.74) is -1.32. The number of nitrogens with one attached hydrogen (secondary N) is 1. The van der Waals surface area contributed by atoms with E-state index in [0.717, 1.165) is 25.7 Å². The van der Waals surface area contributed by atoms with Gasteiger partial charge in [-0.15, -0.1) is 0 Å². The molecule has 106 valence electrons. The molecule has 0 saturated heterocycles. The highest BCUT2D eigenvalue weighted by atomic mass is 32.2. The second kappa shape index (κ2) is 5.17. The average Bonchev–Trinajstić information content (AvgIpc) is 2.42. The number of carboxylic acids is 1. The minimum absolute atomic E-state index is 0.373. The summed E-state index contributed by atoms with van der Waals surface area (Å²) in [5.74, 6) is -1.06. The summed E-state index contributed by atoms with van der Waals surface area (Å²) in [6.45, 7) is 4.71. The van der Waals surface area contributed by atoms with E-state index < -0.39 is 26.3 Å². The van der Waals surface area contributed by atoms with Crippen LogP contribution >= 0.6 is 0 Å². The Morgan fingerprint density at radius 2 is 1.56 bits per heavy atom. The summed E-state index contributed by atoms with van der Waals surface area (Å²) in [6.07, 6.45) is 4.17. The Morgan fingerprint density at radius 3 is 1.89 bits per heavy atom. The first-order valence-corrected chi connectivity index (χ1v) is 7.86. The summed E-state index contributed by atoms with van der Waals surface area (Å²) in [7, 11) is -3.65. The summed E-state index contributed by atoms with van der Waals surface area (Å²) >= 11 is 0. The fourth-order valence-corrected chi connectivity index (χ4v) is 3.21. The van der Waals surface area contributed by atoms with Gasteiger partial charge in [0.1, 0.15) is 5.54 Å². The van der Waals surface area contributed by atoms with Gasteiger partial charge in [-0.3, -0.25) is 4.79 Å². The van der Waals surface area contributed by atoms with Gasteiger partial charge in [0.15, 0.2) is 0 Å². The van der Waals surface area contributed by atoms with Gasteiger partial charge in [-0.2, -0.15) is 4.72 Å². The van der Waals surface area contributed by atoms with E-state index in [1.165, 1.54) is 0 Å². The van der Waals surface area contributed by atoms with E-state index in [-0.39, 0.29) is 0 Å². The molecule has 0 amide bonds. The Morgan fingerprint density at radius 1 is 1.11 bits per heavy atom. The zero-order valence-electron chi connectivity index (χ0n) is 11.3. The molecule has 0 atom stereocenters. The summed E-state index contributed by atoms with van der Waals surface area (Å²) in [6, 6.07) is 0. The molecule has 1 aliphatic carbocycles. The van der Waals surface area contributed by atoms with Gasteiger partial charge in [-0.25, -0.2) is 8.42 Å². The zero-order valence-corrected chi connectivity index (χ0v) is 12.1. The van der Waals surface area contributed by atoms with Gasteiger partial charge in [0.05, 0.1) is 4.75 Å². The largest absolute Gasteiger partial charge is 0.480 e. The van der Waals surface area contributed by atoms with E-state index in [4.69, 9.17) is 0 Å². The number of rotatable bonds is 3. The molecule has 0 heterocycles. The maximum absolute atomic E-state index is 12.2. The predicted octanol–water partition coefficient (Wildman–Crippen LogP) is 1.88. The number of sulfonamides is 1. The van der Waals surface area contributed by atoms with Crippen LogP contribution in [0.15, 0.2) is 0 Å². The van der Waals surface area contributed by atoms with Gasteiger partial charge in [0, 0.05) is 0 Å². The Balaban J connectivity index is 3.04. The molecule has 18 heavy (non-hydrogen) atoms. The first-order valence-electron chi connectivity index (χ1n) is 6.38. The smallest absolute Gasteiger partial charge is 0.324 e. The fraction of sp³-hybridized carbons (Fsp3) is 0.917. The lowest BCUT2D eigenvalue weighted by Gasteiger charge is -2.32. The lowest BCUT2D eigenvalue weighted by atomic mass is 9.92. The lowest BCUT2D eigenvalue weighted by Crippen LogP contribution is -2.57. The highest BCUT2D eigenvalue weighted by Crippen LogP contribution is 2.30. The molecule has 1 saturated carbocycles. The van der Waals surface area contributed by atoms with Crippen molar-refractivity contribution in [2.24, 2.45) is 0 Å². The first-order chi connectivity index (χ1) is 8.11. The Bertz CT molecular complexity index is 400. The standard InChI is InChI=1S/C12H23NO4S/c1-11(2,3)18(16,17)13-12(10(14)15)8-6-4-5-7-9-12/h13H,4-9H2,1-3H3,(H,14,15). The van der Waals surface area contributed by atoms with Crippen molar-refractivity contribution in [3.05, 3.63) is 0 Å². The third-order valence-corrected chi connectivity index (χ3v) is 5.77. The van der Waals surface area contributed by atoms with Crippen LogP contribution in [0.5, 0.6) is 0 Å². The van der Waals surface area contributed by atoms with E-state index in [9.17, 15) is 18.3 Å². The minimum atomic E-state index is -3.65. The first kappa shape index (κ1) is 15.4. The number of aliphatic carboxylic acids is 1. The maximum Gasteiger partial charge on any atom is 0.324 e. The molecule has 0 radical (unpaired) electrons. The van der Waals surface area contributed by atoms with Crippen molar-refractivity contribution >= 4 is 16.0 Å². The highest BCUT2D eigenvalue weighted by molar-refractivity contribution is 7.90. The Labute approximate surface area is 109 Å². The molecule has 6 heteroatoms. The van der Waals surface area contributed by atoms with Crippen LogP contribution in [0, 0.1) is 0 Å². The quantitative estimate of drug-likeness (QED) is 0.772. The second-order valence-electron chi connectivity index (χ2n) is 6.02. The summed E-state index contributed by atoms with van der Waals surface area (Å²) in [4.78, 5) is 11.5. The third kappa shape index (κ3) is 3.23. The molecule has 2 N–H and O–H groups in total. The van der Waals surface area contributed by atoms with Crippen LogP contribution in [0.4, 0.5) is 0 Å². The van der Waals surface area contributed by atoms with Crippen LogP contribution in [0.2, 0.25) is 0 Å². The van der Waals surface area contributed by atoms with Gasteiger partial charge in [-0.1, -0.05) is 25.7 Å². The average molecular weight is 277 g/mol. The molecule has 5 nitrogen and oxygen atoms in total. The number of carboxylic acid groups (broad SMARTS) is 1. The third-order valence-electron chi connectivity index (χ3n) is 3.50. The lowest BCUT2D eigenvalue weighted by molar-refractivity contribution is -0.144. The van der Waals surface area contributed by atoms with Crippen molar-refractivity contribution < 1.29 is 18.3 Å². The molecular weight excluding hydrogens is 254 g/mol. The Kier molecular flexibility index (Phi) is 4.43. The molecule has 0 aromatic carbocycles. The van der Waals surface area contributed by atoms with Crippen LogP contribution in [-0.2, 0) is 14.8 Å². The molecule has 0 aliphatic heterocycles. The normalized spacial score (nSPS) is 21.3. The van der Waals surface area contributed by atoms with Gasteiger partial charge in [0.2, 0.25) is 10.0 Å². The van der Waals surface area contributed by atoms with E-state index in [2.05, 4.69) is 4.72 Å². The number of hydrogen-bond acceptors (Lipinski definition) is 3. The van der Waals surface area contributed by atoms with Crippen LogP contribution in [-0.4, -0.2) is 29.8 Å². The summed E-state index contributed by atoms with van der Waals surface area (Å²) in [5, 5.41) is 9.42. The molecule has 0 bridgehead atoms. The molecule has 1 fully saturated rings. The molecule has 0 aromatic rings. The number of carbonyl (C=O) groups is 1. The second-order valence-corrected chi connectivity index (χ2v) is 8.46. The molecule has 1 rings (SSSR count). The van der Waals surface area contributed by atoms with Crippen molar-refractivity contribution in [1.29, 1.82) is 0 Å². The van der Waals surface area contributed by atoms with Crippen LogP contribution in [0.1, 0.15) is 59.3 Å². The Hall–Kier alpha value is -0.620. The van der Waals surface area contributed by atoms with Gasteiger partial charge in [-0.05, 0) is 33.6 Å². The van der Waals surface area contributed by atoms with E-state index in [1.807, 2.05) is 0 Å². The molecule has 0 aromatic heterocycles. The predicted molar refractivity (Wildman–Crippen MR) is 69.9 cm³/mol. The van der Waals surface area contributed by atoms with Gasteiger partial charge >= 0.3 is 5.97 Å². The van der Waals surface area contributed by atoms with Crippen LogP contribution in [0.25, 0.3) is 0 Å². The van der Waals surface area contributed by atoms with Crippen molar-refractivity contribution in [3.8, 4) is 0 Å². The van der Waals surface area contributed by atoms with Crippen LogP contribution in [0.3, 0.4) is 0 Å². The van der Waals surface area contributed by atoms with Crippen molar-refractivity contribution in [2.45, 2.75) is 69.6 Å². The topological polar surface area (TPSA) is 83.5 Å². The van der Waals surface area contributed by atoms with Gasteiger partial charge < -0.3 is 5.11 Å². The summed E-state index contributed by atoms with van der Waals surface area (Å²) < 4.78 is 25.8. The molecule has 1 aliphatic rings. The van der Waals surface area contributed by atoms with Crippen molar-refractivity contribution in [1.82, 2.24) is 4.72 Å². The fourth-order valence-electron chi connectivity index (χ4n) is 2.10. The monoisotopic (exact) mass is 277 g/mol. The number of hydrogen-bond donors (Lipinski definition) is 2. The maximum atomic E-state index is 12.2. The van der Waals surface area contributed by atoms with E-state index >= 15 is 0 Å². The van der Waals surface area contributed by atoms with Gasteiger partial charge in [0.25, 0.3) is 0 Å². The van der Waals surface area contributed by atoms with Crippen molar-refractivity contribution in [2.75, 3.05) is 0 Å². The van der Waals surface area contributed by atoms with E-state index in [1.54, 1.807) is 20.8 Å². The molecule has 0 unspecified atom stereocenters. The van der Waals surface area contributed by atoms with E-state index in [0.29, 0.717) is 12.8 Å². The van der Waals surface area contributed by atoms with Crippen molar-refractivity contribution in [3.63, 3.8) is 0 Å². The van der Waals surface area contributed by atoms with Crippen LogP contribution < -0.4 is 4.72 Å². The minimum Gasteiger partial charge on any atom is -0.480 e.